The van der Waals surface area contributed by atoms with E-state index < -0.39 is 11.5 Å². The first-order chi connectivity index (χ1) is 8.93. The summed E-state index contributed by atoms with van der Waals surface area (Å²) in [6, 6.07) is 4.74. The van der Waals surface area contributed by atoms with Crippen LogP contribution in [-0.4, -0.2) is 27.6 Å². The van der Waals surface area contributed by atoms with Gasteiger partial charge in [-0.1, -0.05) is 6.07 Å². The van der Waals surface area contributed by atoms with Gasteiger partial charge in [0, 0.05) is 11.1 Å². The van der Waals surface area contributed by atoms with Crippen molar-refractivity contribution in [3.63, 3.8) is 0 Å². The van der Waals surface area contributed by atoms with E-state index >= 15 is 0 Å². The van der Waals surface area contributed by atoms with E-state index in [2.05, 4.69) is 5.32 Å². The van der Waals surface area contributed by atoms with Crippen molar-refractivity contribution in [3.05, 3.63) is 29.3 Å². The molecule has 0 aliphatic heterocycles. The lowest BCUT2D eigenvalue weighted by molar-refractivity contribution is -0.139. The van der Waals surface area contributed by atoms with Crippen LogP contribution in [0.15, 0.2) is 18.2 Å². The van der Waals surface area contributed by atoms with Crippen LogP contribution in [0, 0.1) is 6.92 Å². The van der Waals surface area contributed by atoms with Gasteiger partial charge in [-0.15, -0.1) is 0 Å². The number of benzene rings is 1. The third kappa shape index (κ3) is 2.70. The molecule has 1 saturated carbocycles. The molecule has 19 heavy (non-hydrogen) atoms. The summed E-state index contributed by atoms with van der Waals surface area (Å²) < 4.78 is 0. The Kier molecular flexibility index (Phi) is 3.46. The van der Waals surface area contributed by atoms with Crippen LogP contribution >= 0.6 is 0 Å². The van der Waals surface area contributed by atoms with E-state index in [1.54, 1.807) is 19.1 Å². The van der Waals surface area contributed by atoms with Gasteiger partial charge in [-0.3, -0.25) is 9.59 Å². The number of hydrogen-bond donors (Lipinski definition) is 3. The summed E-state index contributed by atoms with van der Waals surface area (Å²) in [5, 5.41) is 21.3. The number of carbonyl (C=O) groups is 2. The highest BCUT2D eigenvalue weighted by Crippen LogP contribution is 2.35. The number of carbonyl (C=O) groups excluding carboxylic acids is 1. The first-order valence-corrected chi connectivity index (χ1v) is 6.26. The van der Waals surface area contributed by atoms with Crippen LogP contribution in [0.25, 0.3) is 0 Å². The van der Waals surface area contributed by atoms with E-state index in [9.17, 15) is 14.7 Å². The molecule has 1 amide bonds. The Bertz CT molecular complexity index is 520. The first kappa shape index (κ1) is 13.4. The van der Waals surface area contributed by atoms with Gasteiger partial charge < -0.3 is 15.5 Å². The topological polar surface area (TPSA) is 86.6 Å². The fraction of sp³-hybridized carbons (Fsp3) is 0.429. The zero-order chi connectivity index (χ0) is 14.0. The van der Waals surface area contributed by atoms with E-state index in [4.69, 9.17) is 5.11 Å². The van der Waals surface area contributed by atoms with E-state index in [1.165, 1.54) is 6.07 Å². The number of aromatic hydroxyl groups is 1. The molecular formula is C14H17NO4. The number of carboxylic acids is 1. The Morgan fingerprint density at radius 2 is 2.05 bits per heavy atom. The Morgan fingerprint density at radius 1 is 1.37 bits per heavy atom. The highest BCUT2D eigenvalue weighted by molar-refractivity contribution is 5.97. The molecule has 1 aliphatic carbocycles. The molecule has 0 saturated heterocycles. The number of amides is 1. The quantitative estimate of drug-likeness (QED) is 0.773. The lowest BCUT2D eigenvalue weighted by Crippen LogP contribution is -2.54. The molecule has 0 heterocycles. The van der Waals surface area contributed by atoms with Crippen LogP contribution < -0.4 is 5.32 Å². The van der Waals surface area contributed by atoms with Crippen molar-refractivity contribution in [3.8, 4) is 5.75 Å². The van der Waals surface area contributed by atoms with Crippen LogP contribution in [0.1, 0.15) is 41.6 Å². The SMILES string of the molecule is Cc1c(O)cccc1C(=O)NC1(CC(=O)O)CCC1. The van der Waals surface area contributed by atoms with Crippen LogP contribution in [0.4, 0.5) is 0 Å². The van der Waals surface area contributed by atoms with Crippen molar-refractivity contribution in [2.45, 2.75) is 38.1 Å². The summed E-state index contributed by atoms with van der Waals surface area (Å²) in [6.45, 7) is 1.66. The van der Waals surface area contributed by atoms with Crippen LogP contribution in [0.2, 0.25) is 0 Å². The molecule has 1 aliphatic rings. The van der Waals surface area contributed by atoms with Gasteiger partial charge in [0.05, 0.1) is 12.0 Å². The molecule has 0 radical (unpaired) electrons. The predicted molar refractivity (Wildman–Crippen MR) is 69.1 cm³/mol. The number of phenolic OH excluding ortho intramolecular Hbond substituents is 1. The number of hydrogen-bond acceptors (Lipinski definition) is 3. The van der Waals surface area contributed by atoms with Gasteiger partial charge in [-0.2, -0.15) is 0 Å². The molecule has 1 fully saturated rings. The largest absolute Gasteiger partial charge is 0.508 e. The van der Waals surface area contributed by atoms with Gasteiger partial charge in [0.25, 0.3) is 5.91 Å². The Morgan fingerprint density at radius 3 is 2.58 bits per heavy atom. The predicted octanol–water partition coefficient (Wildman–Crippen LogP) is 1.83. The third-order valence-electron chi connectivity index (χ3n) is 3.73. The maximum atomic E-state index is 12.2. The van der Waals surface area contributed by atoms with Gasteiger partial charge >= 0.3 is 5.97 Å². The Labute approximate surface area is 111 Å². The number of nitrogens with one attached hydrogen (secondary N) is 1. The number of phenols is 1. The van der Waals surface area contributed by atoms with Gasteiger partial charge in [-0.25, -0.2) is 0 Å². The van der Waals surface area contributed by atoms with Crippen LogP contribution in [0.5, 0.6) is 5.75 Å². The van der Waals surface area contributed by atoms with Gasteiger partial charge in [0.1, 0.15) is 5.75 Å². The van der Waals surface area contributed by atoms with Crippen molar-refractivity contribution in [2.24, 2.45) is 0 Å². The molecular weight excluding hydrogens is 246 g/mol. The fourth-order valence-corrected chi connectivity index (χ4v) is 2.42. The molecule has 0 bridgehead atoms. The van der Waals surface area contributed by atoms with Crippen molar-refractivity contribution < 1.29 is 19.8 Å². The molecule has 5 heteroatoms. The Hall–Kier alpha value is -2.04. The minimum absolute atomic E-state index is 0.0589. The number of aliphatic carboxylic acids is 1. The van der Waals surface area contributed by atoms with Crippen molar-refractivity contribution in [1.29, 1.82) is 0 Å². The molecule has 1 aromatic rings. The second-order valence-electron chi connectivity index (χ2n) is 5.11. The maximum absolute atomic E-state index is 12.2. The molecule has 1 aromatic carbocycles. The van der Waals surface area contributed by atoms with Crippen molar-refractivity contribution in [2.75, 3.05) is 0 Å². The molecule has 2 rings (SSSR count). The van der Waals surface area contributed by atoms with Crippen molar-refractivity contribution >= 4 is 11.9 Å². The van der Waals surface area contributed by atoms with E-state index in [0.29, 0.717) is 24.0 Å². The third-order valence-corrected chi connectivity index (χ3v) is 3.73. The second-order valence-corrected chi connectivity index (χ2v) is 5.11. The standard InChI is InChI=1S/C14H17NO4/c1-9-10(4-2-5-11(9)16)13(19)15-14(6-3-7-14)8-12(17)18/h2,4-5,16H,3,6-8H2,1H3,(H,15,19)(H,17,18). The summed E-state index contributed by atoms with van der Waals surface area (Å²) in [5.74, 6) is -1.17. The zero-order valence-electron chi connectivity index (χ0n) is 10.8. The molecule has 3 N–H and O–H groups in total. The summed E-state index contributed by atoms with van der Waals surface area (Å²) in [6.07, 6.45) is 2.23. The fourth-order valence-electron chi connectivity index (χ4n) is 2.42. The zero-order valence-corrected chi connectivity index (χ0v) is 10.8. The Balaban J connectivity index is 2.16. The molecule has 5 nitrogen and oxygen atoms in total. The maximum Gasteiger partial charge on any atom is 0.305 e. The average Bonchev–Trinajstić information content (AvgIpc) is 2.29. The van der Waals surface area contributed by atoms with Gasteiger partial charge in [0.15, 0.2) is 0 Å². The minimum Gasteiger partial charge on any atom is -0.508 e. The molecule has 0 aromatic heterocycles. The lowest BCUT2D eigenvalue weighted by Gasteiger charge is -2.41. The smallest absolute Gasteiger partial charge is 0.305 e. The molecule has 0 atom stereocenters. The highest BCUT2D eigenvalue weighted by Gasteiger charge is 2.40. The average molecular weight is 263 g/mol. The first-order valence-electron chi connectivity index (χ1n) is 6.26. The summed E-state index contributed by atoms with van der Waals surface area (Å²) in [4.78, 5) is 23.0. The van der Waals surface area contributed by atoms with Gasteiger partial charge in [0.2, 0.25) is 0 Å². The highest BCUT2D eigenvalue weighted by atomic mass is 16.4. The summed E-state index contributed by atoms with van der Waals surface area (Å²) >= 11 is 0. The van der Waals surface area contributed by atoms with E-state index in [0.717, 1.165) is 6.42 Å². The van der Waals surface area contributed by atoms with Crippen molar-refractivity contribution in [1.82, 2.24) is 5.32 Å². The van der Waals surface area contributed by atoms with Gasteiger partial charge in [-0.05, 0) is 38.3 Å². The molecule has 0 spiro atoms. The van der Waals surface area contributed by atoms with Crippen LogP contribution in [-0.2, 0) is 4.79 Å². The summed E-state index contributed by atoms with van der Waals surface area (Å²) in [7, 11) is 0. The monoisotopic (exact) mass is 263 g/mol. The van der Waals surface area contributed by atoms with E-state index in [-0.39, 0.29) is 18.1 Å². The lowest BCUT2D eigenvalue weighted by atomic mass is 9.74. The molecule has 102 valence electrons. The normalized spacial score (nSPS) is 16.5. The second kappa shape index (κ2) is 4.91. The van der Waals surface area contributed by atoms with Crippen LogP contribution in [0.3, 0.4) is 0 Å². The molecule has 0 unspecified atom stereocenters. The summed E-state index contributed by atoms with van der Waals surface area (Å²) in [5.41, 5.74) is 0.266. The minimum atomic E-state index is -0.910. The number of rotatable bonds is 4. The number of carboxylic acid groups (broad SMARTS) is 1. The van der Waals surface area contributed by atoms with E-state index in [1.807, 2.05) is 0 Å².